The molecule has 4 heteroatoms. The van der Waals surface area contributed by atoms with E-state index in [1.807, 2.05) is 13.8 Å². The van der Waals surface area contributed by atoms with Crippen molar-refractivity contribution in [3.05, 3.63) is 0 Å². The molecule has 0 aromatic rings. The first-order valence-electron chi connectivity index (χ1n) is 6.16. The Morgan fingerprint density at radius 2 is 2.31 bits per heavy atom. The van der Waals surface area contributed by atoms with Crippen molar-refractivity contribution < 1.29 is 14.6 Å². The molecule has 1 rings (SSSR count). The van der Waals surface area contributed by atoms with E-state index in [4.69, 9.17) is 9.84 Å². The van der Waals surface area contributed by atoms with Crippen molar-refractivity contribution in [2.24, 2.45) is 0 Å². The van der Waals surface area contributed by atoms with Crippen LogP contribution in [-0.2, 0) is 9.53 Å². The smallest absolute Gasteiger partial charge is 0.249 e. The quantitative estimate of drug-likeness (QED) is 0.745. The Kier molecular flexibility index (Phi) is 5.22. The molecule has 2 unspecified atom stereocenters. The van der Waals surface area contributed by atoms with E-state index in [0.29, 0.717) is 13.0 Å². The van der Waals surface area contributed by atoms with Crippen molar-refractivity contribution >= 4 is 5.91 Å². The Bertz CT molecular complexity index is 226. The zero-order valence-corrected chi connectivity index (χ0v) is 10.3. The molecule has 1 aliphatic heterocycles. The summed E-state index contributed by atoms with van der Waals surface area (Å²) in [6.45, 7) is 4.75. The normalized spacial score (nSPS) is 24.8. The van der Waals surface area contributed by atoms with Gasteiger partial charge in [-0.05, 0) is 39.0 Å². The van der Waals surface area contributed by atoms with E-state index in [2.05, 4.69) is 5.32 Å². The van der Waals surface area contributed by atoms with E-state index in [0.717, 1.165) is 25.7 Å². The van der Waals surface area contributed by atoms with Gasteiger partial charge in [-0.3, -0.25) is 4.79 Å². The standard InChI is InChI=1S/C12H23NO3/c1-3-12(2,7-8-14)13-11(15)10-6-4-5-9-16-10/h10,14H,3-9H2,1-2H3,(H,13,15). The van der Waals surface area contributed by atoms with Crippen LogP contribution in [0.1, 0.15) is 46.0 Å². The molecule has 0 aliphatic carbocycles. The molecule has 0 spiro atoms. The number of hydrogen-bond donors (Lipinski definition) is 2. The topological polar surface area (TPSA) is 58.6 Å². The van der Waals surface area contributed by atoms with Crippen molar-refractivity contribution in [2.45, 2.75) is 57.6 Å². The second kappa shape index (κ2) is 6.21. The molecule has 2 N–H and O–H groups in total. The highest BCUT2D eigenvalue weighted by atomic mass is 16.5. The van der Waals surface area contributed by atoms with Gasteiger partial charge in [0.2, 0.25) is 5.91 Å². The number of ether oxygens (including phenoxy) is 1. The molecule has 1 amide bonds. The Balaban J connectivity index is 2.47. The van der Waals surface area contributed by atoms with Gasteiger partial charge in [-0.25, -0.2) is 0 Å². The monoisotopic (exact) mass is 229 g/mol. The van der Waals surface area contributed by atoms with Crippen molar-refractivity contribution in [3.8, 4) is 0 Å². The number of hydrogen-bond acceptors (Lipinski definition) is 3. The molecular formula is C12H23NO3. The van der Waals surface area contributed by atoms with Gasteiger partial charge < -0.3 is 15.2 Å². The number of rotatable bonds is 5. The number of aliphatic hydroxyl groups is 1. The first kappa shape index (κ1) is 13.5. The predicted octanol–water partition coefficient (Wildman–Crippen LogP) is 1.22. The van der Waals surface area contributed by atoms with E-state index in [9.17, 15) is 4.79 Å². The Labute approximate surface area is 97.4 Å². The summed E-state index contributed by atoms with van der Waals surface area (Å²) >= 11 is 0. The average molecular weight is 229 g/mol. The Morgan fingerprint density at radius 3 is 2.81 bits per heavy atom. The fourth-order valence-electron chi connectivity index (χ4n) is 1.90. The molecule has 2 atom stereocenters. The van der Waals surface area contributed by atoms with E-state index in [1.54, 1.807) is 0 Å². The van der Waals surface area contributed by atoms with Gasteiger partial charge in [0.1, 0.15) is 6.10 Å². The summed E-state index contributed by atoms with van der Waals surface area (Å²) in [5, 5.41) is 12.0. The number of carbonyl (C=O) groups excluding carboxylic acids is 1. The molecule has 1 fully saturated rings. The van der Waals surface area contributed by atoms with Crippen molar-refractivity contribution in [1.82, 2.24) is 5.32 Å². The highest BCUT2D eigenvalue weighted by molar-refractivity contribution is 5.81. The van der Waals surface area contributed by atoms with Crippen LogP contribution in [0.25, 0.3) is 0 Å². The molecule has 94 valence electrons. The Morgan fingerprint density at radius 1 is 1.56 bits per heavy atom. The maximum Gasteiger partial charge on any atom is 0.249 e. The summed E-state index contributed by atoms with van der Waals surface area (Å²) in [5.74, 6) is -0.0301. The van der Waals surface area contributed by atoms with Gasteiger partial charge in [0.05, 0.1) is 0 Å². The Hall–Kier alpha value is -0.610. The maximum atomic E-state index is 11.9. The zero-order chi connectivity index (χ0) is 12.0. The molecule has 0 saturated carbocycles. The van der Waals surface area contributed by atoms with Crippen LogP contribution in [0.5, 0.6) is 0 Å². The summed E-state index contributed by atoms with van der Waals surface area (Å²) in [7, 11) is 0. The van der Waals surface area contributed by atoms with Gasteiger partial charge in [-0.15, -0.1) is 0 Å². The minimum absolute atomic E-state index is 0.0301. The lowest BCUT2D eigenvalue weighted by Gasteiger charge is -2.32. The SMILES string of the molecule is CCC(C)(CCO)NC(=O)C1CCCCO1. The summed E-state index contributed by atoms with van der Waals surface area (Å²) in [5.41, 5.74) is -0.313. The van der Waals surface area contributed by atoms with Gasteiger partial charge in [0, 0.05) is 18.8 Å². The van der Waals surface area contributed by atoms with Crippen molar-refractivity contribution in [1.29, 1.82) is 0 Å². The fraction of sp³-hybridized carbons (Fsp3) is 0.917. The molecule has 0 aromatic carbocycles. The molecule has 1 heterocycles. The largest absolute Gasteiger partial charge is 0.396 e. The highest BCUT2D eigenvalue weighted by Gasteiger charge is 2.29. The summed E-state index contributed by atoms with van der Waals surface area (Å²) in [4.78, 5) is 11.9. The molecule has 16 heavy (non-hydrogen) atoms. The lowest BCUT2D eigenvalue weighted by molar-refractivity contribution is -0.137. The lowest BCUT2D eigenvalue weighted by atomic mass is 9.94. The maximum absolute atomic E-state index is 11.9. The minimum atomic E-state index is -0.313. The summed E-state index contributed by atoms with van der Waals surface area (Å²) in [6, 6.07) is 0. The number of amides is 1. The van der Waals surface area contributed by atoms with E-state index >= 15 is 0 Å². The fourth-order valence-corrected chi connectivity index (χ4v) is 1.90. The van der Waals surface area contributed by atoms with Gasteiger partial charge in [0.15, 0.2) is 0 Å². The second-order valence-corrected chi connectivity index (χ2v) is 4.73. The third-order valence-electron chi connectivity index (χ3n) is 3.34. The van der Waals surface area contributed by atoms with E-state index in [-0.39, 0.29) is 24.2 Å². The van der Waals surface area contributed by atoms with Crippen LogP contribution in [0.3, 0.4) is 0 Å². The number of carbonyl (C=O) groups is 1. The first-order valence-corrected chi connectivity index (χ1v) is 6.16. The minimum Gasteiger partial charge on any atom is -0.396 e. The average Bonchev–Trinajstić information content (AvgIpc) is 2.30. The first-order chi connectivity index (χ1) is 7.61. The number of aliphatic hydroxyl groups excluding tert-OH is 1. The molecule has 1 saturated heterocycles. The van der Waals surface area contributed by atoms with Crippen LogP contribution in [0.2, 0.25) is 0 Å². The van der Waals surface area contributed by atoms with Crippen molar-refractivity contribution in [3.63, 3.8) is 0 Å². The highest BCUT2D eigenvalue weighted by Crippen LogP contribution is 2.17. The van der Waals surface area contributed by atoms with Gasteiger partial charge in [0.25, 0.3) is 0 Å². The molecule has 0 aromatic heterocycles. The molecule has 0 bridgehead atoms. The summed E-state index contributed by atoms with van der Waals surface area (Å²) in [6.07, 6.45) is 4.02. The van der Waals surface area contributed by atoms with Crippen LogP contribution >= 0.6 is 0 Å². The van der Waals surface area contributed by atoms with Crippen LogP contribution in [0, 0.1) is 0 Å². The van der Waals surface area contributed by atoms with Gasteiger partial charge >= 0.3 is 0 Å². The second-order valence-electron chi connectivity index (χ2n) is 4.73. The molecule has 4 nitrogen and oxygen atoms in total. The van der Waals surface area contributed by atoms with Gasteiger partial charge in [-0.1, -0.05) is 6.92 Å². The van der Waals surface area contributed by atoms with Crippen LogP contribution in [-0.4, -0.2) is 35.9 Å². The molecule has 0 radical (unpaired) electrons. The number of nitrogens with one attached hydrogen (secondary N) is 1. The molecule has 1 aliphatic rings. The van der Waals surface area contributed by atoms with Crippen LogP contribution in [0.15, 0.2) is 0 Å². The third-order valence-corrected chi connectivity index (χ3v) is 3.34. The van der Waals surface area contributed by atoms with Gasteiger partial charge in [-0.2, -0.15) is 0 Å². The van der Waals surface area contributed by atoms with E-state index < -0.39 is 0 Å². The summed E-state index contributed by atoms with van der Waals surface area (Å²) < 4.78 is 5.43. The van der Waals surface area contributed by atoms with Crippen LogP contribution in [0.4, 0.5) is 0 Å². The van der Waals surface area contributed by atoms with Crippen molar-refractivity contribution in [2.75, 3.05) is 13.2 Å². The molecular weight excluding hydrogens is 206 g/mol. The zero-order valence-electron chi connectivity index (χ0n) is 10.3. The predicted molar refractivity (Wildman–Crippen MR) is 62.1 cm³/mol. The third kappa shape index (κ3) is 3.76. The van der Waals surface area contributed by atoms with Crippen LogP contribution < -0.4 is 5.32 Å². The van der Waals surface area contributed by atoms with E-state index in [1.165, 1.54) is 0 Å². The lowest BCUT2D eigenvalue weighted by Crippen LogP contribution is -2.51.